The lowest BCUT2D eigenvalue weighted by molar-refractivity contribution is -0.148. The van der Waals surface area contributed by atoms with E-state index < -0.39 is 11.4 Å². The molecule has 0 saturated carbocycles. The molecule has 0 N–H and O–H groups in total. The Labute approximate surface area is 120 Å². The quantitative estimate of drug-likeness (QED) is 0.749. The van der Waals surface area contributed by atoms with Crippen molar-refractivity contribution in [2.75, 3.05) is 13.7 Å². The topological polar surface area (TPSA) is 59.3 Å². The third kappa shape index (κ3) is 3.30. The van der Waals surface area contributed by atoms with Crippen LogP contribution in [0.4, 0.5) is 0 Å². The molecule has 0 radical (unpaired) electrons. The van der Waals surface area contributed by atoms with Crippen LogP contribution in [0.25, 0.3) is 0 Å². The predicted molar refractivity (Wildman–Crippen MR) is 76.4 cm³/mol. The molecule has 0 heterocycles. The van der Waals surface area contributed by atoms with Crippen molar-refractivity contribution in [3.05, 3.63) is 29.8 Å². The van der Waals surface area contributed by atoms with Gasteiger partial charge in [0.2, 0.25) is 0 Å². The van der Waals surface area contributed by atoms with Crippen LogP contribution in [-0.4, -0.2) is 19.7 Å². The molecule has 0 bridgehead atoms. The predicted octanol–water partition coefficient (Wildman–Crippen LogP) is 3.07. The molecule has 0 amide bonds. The number of benzene rings is 1. The fourth-order valence-corrected chi connectivity index (χ4v) is 2.22. The Hall–Kier alpha value is -2.02. The summed E-state index contributed by atoms with van der Waals surface area (Å²) in [7, 11) is 1.58. The number of nitriles is 1. The maximum atomic E-state index is 12.3. The lowest BCUT2D eigenvalue weighted by Crippen LogP contribution is -2.37. The molecule has 0 aliphatic carbocycles. The summed E-state index contributed by atoms with van der Waals surface area (Å²) in [5.41, 5.74) is -0.607. The lowest BCUT2D eigenvalue weighted by atomic mass is 9.75. The van der Waals surface area contributed by atoms with Crippen molar-refractivity contribution in [1.29, 1.82) is 5.26 Å². The molecule has 1 aromatic rings. The first kappa shape index (κ1) is 16.0. The van der Waals surface area contributed by atoms with Crippen molar-refractivity contribution >= 4 is 5.97 Å². The van der Waals surface area contributed by atoms with Gasteiger partial charge in [0.1, 0.15) is 5.75 Å². The largest absolute Gasteiger partial charge is 0.497 e. The zero-order valence-electron chi connectivity index (χ0n) is 12.5. The van der Waals surface area contributed by atoms with Crippen molar-refractivity contribution in [2.24, 2.45) is 5.92 Å². The number of carbonyl (C=O) groups is 1. The van der Waals surface area contributed by atoms with Crippen LogP contribution in [0.5, 0.6) is 5.75 Å². The number of nitrogens with zero attached hydrogens (tertiary/aromatic N) is 1. The monoisotopic (exact) mass is 275 g/mol. The number of ether oxygens (including phenoxy) is 2. The molecule has 0 aliphatic heterocycles. The van der Waals surface area contributed by atoms with Gasteiger partial charge in [0.25, 0.3) is 0 Å². The van der Waals surface area contributed by atoms with E-state index in [4.69, 9.17) is 9.47 Å². The van der Waals surface area contributed by atoms with E-state index in [2.05, 4.69) is 6.07 Å². The number of carbonyl (C=O) groups excluding carboxylic acids is 1. The molecule has 20 heavy (non-hydrogen) atoms. The highest BCUT2D eigenvalue weighted by Gasteiger charge is 2.42. The Morgan fingerprint density at radius 3 is 2.35 bits per heavy atom. The first-order valence-corrected chi connectivity index (χ1v) is 6.73. The average molecular weight is 275 g/mol. The highest BCUT2D eigenvalue weighted by molar-refractivity contribution is 5.86. The Bertz CT molecular complexity index is 487. The lowest BCUT2D eigenvalue weighted by Gasteiger charge is -2.26. The van der Waals surface area contributed by atoms with Crippen LogP contribution in [0.1, 0.15) is 32.8 Å². The van der Waals surface area contributed by atoms with Crippen molar-refractivity contribution in [3.63, 3.8) is 0 Å². The summed E-state index contributed by atoms with van der Waals surface area (Å²) < 4.78 is 10.2. The zero-order valence-corrected chi connectivity index (χ0v) is 12.5. The highest BCUT2D eigenvalue weighted by Crippen LogP contribution is 2.33. The second-order valence-electron chi connectivity index (χ2n) is 5.06. The maximum absolute atomic E-state index is 12.3. The van der Waals surface area contributed by atoms with Crippen LogP contribution >= 0.6 is 0 Å². The van der Waals surface area contributed by atoms with Crippen LogP contribution in [0.15, 0.2) is 24.3 Å². The summed E-state index contributed by atoms with van der Waals surface area (Å²) in [4.78, 5) is 12.3. The SMILES string of the molecule is CCOC(=O)C(C#N)(CC(C)C)c1ccc(OC)cc1. The average Bonchev–Trinajstić information content (AvgIpc) is 2.45. The molecular weight excluding hydrogens is 254 g/mol. The van der Waals surface area contributed by atoms with Gasteiger partial charge >= 0.3 is 5.97 Å². The molecule has 0 saturated heterocycles. The number of hydrogen-bond acceptors (Lipinski definition) is 4. The molecule has 1 aromatic carbocycles. The molecule has 0 aromatic heterocycles. The molecule has 108 valence electrons. The normalized spacial score (nSPS) is 13.4. The van der Waals surface area contributed by atoms with Crippen molar-refractivity contribution in [1.82, 2.24) is 0 Å². The minimum atomic E-state index is -1.25. The van der Waals surface area contributed by atoms with Crippen molar-refractivity contribution < 1.29 is 14.3 Å². The fourth-order valence-electron chi connectivity index (χ4n) is 2.22. The van der Waals surface area contributed by atoms with Crippen LogP contribution in [0.3, 0.4) is 0 Å². The van der Waals surface area contributed by atoms with Crippen LogP contribution < -0.4 is 4.74 Å². The third-order valence-corrected chi connectivity index (χ3v) is 3.11. The first-order chi connectivity index (χ1) is 9.50. The van der Waals surface area contributed by atoms with E-state index in [1.54, 1.807) is 38.3 Å². The number of esters is 1. The van der Waals surface area contributed by atoms with Gasteiger partial charge in [-0.3, -0.25) is 0 Å². The Kier molecular flexibility index (Phi) is 5.57. The summed E-state index contributed by atoms with van der Waals surface area (Å²) in [5, 5.41) is 9.62. The minimum Gasteiger partial charge on any atom is -0.497 e. The number of rotatable bonds is 6. The van der Waals surface area contributed by atoms with Gasteiger partial charge < -0.3 is 9.47 Å². The Morgan fingerprint density at radius 1 is 1.35 bits per heavy atom. The summed E-state index contributed by atoms with van der Waals surface area (Å²) >= 11 is 0. The minimum absolute atomic E-state index is 0.196. The Balaban J connectivity index is 3.26. The fraction of sp³-hybridized carbons (Fsp3) is 0.500. The van der Waals surface area contributed by atoms with E-state index in [1.807, 2.05) is 13.8 Å². The maximum Gasteiger partial charge on any atom is 0.331 e. The van der Waals surface area contributed by atoms with Gasteiger partial charge in [-0.05, 0) is 37.0 Å². The van der Waals surface area contributed by atoms with Gasteiger partial charge in [-0.1, -0.05) is 26.0 Å². The van der Waals surface area contributed by atoms with E-state index in [1.165, 1.54) is 0 Å². The van der Waals surface area contributed by atoms with Gasteiger partial charge in [0.05, 0.1) is 19.8 Å². The second kappa shape index (κ2) is 6.95. The van der Waals surface area contributed by atoms with Gasteiger partial charge in [-0.15, -0.1) is 0 Å². The third-order valence-electron chi connectivity index (χ3n) is 3.11. The molecule has 1 unspecified atom stereocenters. The summed E-state index contributed by atoms with van der Waals surface area (Å²) in [6, 6.07) is 9.17. The number of hydrogen-bond donors (Lipinski definition) is 0. The van der Waals surface area contributed by atoms with Gasteiger partial charge in [-0.25, -0.2) is 4.79 Å². The molecular formula is C16H21NO3. The standard InChI is InChI=1S/C16H21NO3/c1-5-20-15(18)16(11-17,10-12(2)3)13-6-8-14(19-4)9-7-13/h6-9,12H,5,10H2,1-4H3. The van der Waals surface area contributed by atoms with E-state index in [9.17, 15) is 10.1 Å². The molecule has 1 atom stereocenters. The van der Waals surface area contributed by atoms with Crippen LogP contribution in [0.2, 0.25) is 0 Å². The molecule has 4 heteroatoms. The summed E-state index contributed by atoms with van der Waals surface area (Å²) in [5.74, 6) is 0.400. The second-order valence-corrected chi connectivity index (χ2v) is 5.06. The van der Waals surface area contributed by atoms with Crippen LogP contribution in [0, 0.1) is 17.2 Å². The van der Waals surface area contributed by atoms with E-state index in [0.717, 1.165) is 0 Å². The molecule has 0 aliphatic rings. The summed E-state index contributed by atoms with van der Waals surface area (Å²) in [6.07, 6.45) is 0.425. The zero-order chi connectivity index (χ0) is 15.2. The van der Waals surface area contributed by atoms with E-state index >= 15 is 0 Å². The van der Waals surface area contributed by atoms with Gasteiger partial charge in [-0.2, -0.15) is 5.26 Å². The smallest absolute Gasteiger partial charge is 0.331 e. The van der Waals surface area contributed by atoms with Crippen molar-refractivity contribution in [2.45, 2.75) is 32.6 Å². The first-order valence-electron chi connectivity index (χ1n) is 6.73. The highest BCUT2D eigenvalue weighted by atomic mass is 16.5. The Morgan fingerprint density at radius 2 is 1.95 bits per heavy atom. The molecule has 4 nitrogen and oxygen atoms in total. The molecule has 0 spiro atoms. The van der Waals surface area contributed by atoms with Crippen molar-refractivity contribution in [3.8, 4) is 11.8 Å². The van der Waals surface area contributed by atoms with Gasteiger partial charge in [0.15, 0.2) is 5.41 Å². The van der Waals surface area contributed by atoms with E-state index in [0.29, 0.717) is 17.7 Å². The van der Waals surface area contributed by atoms with E-state index in [-0.39, 0.29) is 12.5 Å². The molecule has 1 rings (SSSR count). The summed E-state index contributed by atoms with van der Waals surface area (Å²) in [6.45, 7) is 5.96. The molecule has 0 fully saturated rings. The van der Waals surface area contributed by atoms with Gasteiger partial charge in [0, 0.05) is 0 Å². The van der Waals surface area contributed by atoms with Crippen LogP contribution in [-0.2, 0) is 14.9 Å². The number of methoxy groups -OCH3 is 1.